The zero-order valence-corrected chi connectivity index (χ0v) is 13.2. The van der Waals surface area contributed by atoms with Crippen LogP contribution in [0.3, 0.4) is 0 Å². The van der Waals surface area contributed by atoms with Crippen molar-refractivity contribution in [3.63, 3.8) is 0 Å². The molecule has 1 aromatic carbocycles. The second-order valence-electron chi connectivity index (χ2n) is 5.96. The second-order valence-corrected chi connectivity index (χ2v) is 5.96. The number of benzene rings is 1. The molecule has 0 bridgehead atoms. The Balaban J connectivity index is 1.58. The van der Waals surface area contributed by atoms with Crippen LogP contribution in [0.15, 0.2) is 28.8 Å². The molecule has 1 aromatic heterocycles. The summed E-state index contributed by atoms with van der Waals surface area (Å²) >= 11 is 0. The third kappa shape index (κ3) is 4.20. The highest BCUT2D eigenvalue weighted by molar-refractivity contribution is 5.84. The first-order chi connectivity index (χ1) is 11.9. The fourth-order valence-electron chi connectivity index (χ4n) is 2.52. The molecular formula is C17H16F2N2O4. The van der Waals surface area contributed by atoms with Crippen molar-refractivity contribution < 1.29 is 27.9 Å². The summed E-state index contributed by atoms with van der Waals surface area (Å²) in [5.41, 5.74) is 0.0734. The summed E-state index contributed by atoms with van der Waals surface area (Å²) in [6.45, 7) is 0. The predicted octanol–water partition coefficient (Wildman–Crippen LogP) is 2.53. The minimum atomic E-state index is -1.04. The Morgan fingerprint density at radius 2 is 2.12 bits per heavy atom. The number of nitrogens with one attached hydrogen (secondary N) is 1. The van der Waals surface area contributed by atoms with Gasteiger partial charge >= 0.3 is 5.97 Å². The molecule has 1 aliphatic rings. The molecule has 1 saturated carbocycles. The van der Waals surface area contributed by atoms with E-state index in [1.807, 2.05) is 0 Å². The van der Waals surface area contributed by atoms with E-state index in [2.05, 4.69) is 10.3 Å². The maximum atomic E-state index is 13.7. The molecule has 1 unspecified atom stereocenters. The lowest BCUT2D eigenvalue weighted by atomic mass is 10.1. The van der Waals surface area contributed by atoms with E-state index < -0.39 is 29.6 Å². The molecule has 0 radical (unpaired) electrons. The summed E-state index contributed by atoms with van der Waals surface area (Å²) in [5.74, 6) is -2.57. The molecule has 2 N–H and O–H groups in total. The highest BCUT2D eigenvalue weighted by atomic mass is 19.1. The average molecular weight is 350 g/mol. The number of aromatic nitrogens is 1. The van der Waals surface area contributed by atoms with Crippen LogP contribution in [0.25, 0.3) is 11.3 Å². The summed E-state index contributed by atoms with van der Waals surface area (Å²) in [4.78, 5) is 27.0. The number of rotatable bonds is 7. The van der Waals surface area contributed by atoms with Crippen LogP contribution in [-0.2, 0) is 16.0 Å². The van der Waals surface area contributed by atoms with Crippen molar-refractivity contribution in [2.45, 2.75) is 31.7 Å². The lowest BCUT2D eigenvalue weighted by molar-refractivity contribution is -0.142. The molecule has 1 aliphatic carbocycles. The zero-order valence-electron chi connectivity index (χ0n) is 13.2. The number of nitrogens with zero attached hydrogens (tertiary/aromatic N) is 1. The number of carboxylic acid groups (broad SMARTS) is 1. The number of hydrogen-bond acceptors (Lipinski definition) is 4. The standard InChI is InChI=1S/C17H16F2N2O4/c18-10-3-4-11(12(19)7-10)13-8-20-15(25-13)6-5-14(22)21-16(17(23)24)9-1-2-9/h3-4,7-9,16H,1-2,5-6H2,(H,21,22)(H,23,24). The molecule has 1 atom stereocenters. The molecule has 1 fully saturated rings. The number of carbonyl (C=O) groups excluding carboxylic acids is 1. The van der Waals surface area contributed by atoms with Crippen LogP contribution in [0.5, 0.6) is 0 Å². The minimum absolute atomic E-state index is 0.00233. The lowest BCUT2D eigenvalue weighted by Gasteiger charge is -2.12. The van der Waals surface area contributed by atoms with Crippen LogP contribution < -0.4 is 5.32 Å². The van der Waals surface area contributed by atoms with Crippen LogP contribution in [0, 0.1) is 17.6 Å². The quantitative estimate of drug-likeness (QED) is 0.800. The van der Waals surface area contributed by atoms with Crippen molar-refractivity contribution in [3.05, 3.63) is 41.9 Å². The molecular weight excluding hydrogens is 334 g/mol. The van der Waals surface area contributed by atoms with E-state index in [4.69, 9.17) is 9.52 Å². The Morgan fingerprint density at radius 1 is 1.36 bits per heavy atom. The van der Waals surface area contributed by atoms with Crippen molar-refractivity contribution in [2.75, 3.05) is 0 Å². The second kappa shape index (κ2) is 7.00. The summed E-state index contributed by atoms with van der Waals surface area (Å²) < 4.78 is 32.0. The summed E-state index contributed by atoms with van der Waals surface area (Å²) in [6.07, 6.45) is 3.04. The number of carboxylic acids is 1. The van der Waals surface area contributed by atoms with Gasteiger partial charge in [0.25, 0.3) is 0 Å². The van der Waals surface area contributed by atoms with Gasteiger partial charge in [0.1, 0.15) is 17.7 Å². The molecule has 0 spiro atoms. The van der Waals surface area contributed by atoms with Crippen molar-refractivity contribution in [2.24, 2.45) is 5.92 Å². The average Bonchev–Trinajstić information content (AvgIpc) is 3.28. The van der Waals surface area contributed by atoms with Gasteiger partial charge in [-0.1, -0.05) is 0 Å². The van der Waals surface area contributed by atoms with E-state index in [0.29, 0.717) is 0 Å². The van der Waals surface area contributed by atoms with E-state index in [1.165, 1.54) is 12.3 Å². The molecule has 25 heavy (non-hydrogen) atoms. The highest BCUT2D eigenvalue weighted by Crippen LogP contribution is 2.32. The van der Waals surface area contributed by atoms with Gasteiger partial charge in [0.2, 0.25) is 5.91 Å². The molecule has 0 aliphatic heterocycles. The van der Waals surface area contributed by atoms with Crippen molar-refractivity contribution in [1.82, 2.24) is 10.3 Å². The van der Waals surface area contributed by atoms with Gasteiger partial charge < -0.3 is 14.8 Å². The smallest absolute Gasteiger partial charge is 0.326 e. The van der Waals surface area contributed by atoms with Gasteiger partial charge in [0, 0.05) is 18.9 Å². The number of amides is 1. The van der Waals surface area contributed by atoms with Crippen molar-refractivity contribution >= 4 is 11.9 Å². The predicted molar refractivity (Wildman–Crippen MR) is 82.5 cm³/mol. The van der Waals surface area contributed by atoms with Gasteiger partial charge in [-0.15, -0.1) is 0 Å². The van der Waals surface area contributed by atoms with Gasteiger partial charge in [0.05, 0.1) is 11.8 Å². The number of hydrogen-bond donors (Lipinski definition) is 2. The number of aliphatic carboxylic acids is 1. The molecule has 132 valence electrons. The van der Waals surface area contributed by atoms with Crippen LogP contribution in [0.2, 0.25) is 0 Å². The first-order valence-corrected chi connectivity index (χ1v) is 7.86. The Hall–Kier alpha value is -2.77. The summed E-state index contributed by atoms with van der Waals surface area (Å²) in [6, 6.07) is 2.24. The van der Waals surface area contributed by atoms with Gasteiger partial charge in [-0.3, -0.25) is 4.79 Å². The first-order valence-electron chi connectivity index (χ1n) is 7.86. The van der Waals surface area contributed by atoms with Crippen LogP contribution in [0.1, 0.15) is 25.2 Å². The van der Waals surface area contributed by atoms with Crippen LogP contribution in [0.4, 0.5) is 8.78 Å². The van der Waals surface area contributed by atoms with Crippen molar-refractivity contribution in [1.29, 1.82) is 0 Å². The van der Waals surface area contributed by atoms with E-state index in [1.54, 1.807) is 0 Å². The minimum Gasteiger partial charge on any atom is -0.480 e. The Morgan fingerprint density at radius 3 is 2.76 bits per heavy atom. The van der Waals surface area contributed by atoms with Gasteiger partial charge in [0.15, 0.2) is 11.7 Å². The summed E-state index contributed by atoms with van der Waals surface area (Å²) in [5, 5.41) is 11.6. The first kappa shape index (κ1) is 17.1. The van der Waals surface area contributed by atoms with E-state index in [0.717, 1.165) is 25.0 Å². The van der Waals surface area contributed by atoms with Gasteiger partial charge in [-0.05, 0) is 30.9 Å². The Labute approximate surface area is 141 Å². The lowest BCUT2D eigenvalue weighted by Crippen LogP contribution is -2.42. The van der Waals surface area contributed by atoms with Crippen LogP contribution in [-0.4, -0.2) is 28.0 Å². The van der Waals surface area contributed by atoms with Crippen LogP contribution >= 0.6 is 0 Å². The highest BCUT2D eigenvalue weighted by Gasteiger charge is 2.37. The van der Waals surface area contributed by atoms with E-state index >= 15 is 0 Å². The number of carbonyl (C=O) groups is 2. The Kier molecular flexibility index (Phi) is 4.78. The SMILES string of the molecule is O=C(CCc1ncc(-c2ccc(F)cc2F)o1)NC(C(=O)O)C1CC1. The Bertz CT molecular complexity index is 802. The molecule has 8 heteroatoms. The topological polar surface area (TPSA) is 92.4 Å². The number of halogens is 2. The fourth-order valence-corrected chi connectivity index (χ4v) is 2.52. The van der Waals surface area contributed by atoms with Gasteiger partial charge in [-0.2, -0.15) is 0 Å². The van der Waals surface area contributed by atoms with E-state index in [-0.39, 0.29) is 36.0 Å². The molecule has 1 heterocycles. The number of aryl methyl sites for hydroxylation is 1. The van der Waals surface area contributed by atoms with Crippen molar-refractivity contribution in [3.8, 4) is 11.3 Å². The molecule has 2 aromatic rings. The normalized spacial score (nSPS) is 15.0. The van der Waals surface area contributed by atoms with Gasteiger partial charge in [-0.25, -0.2) is 18.6 Å². The third-order valence-electron chi connectivity index (χ3n) is 3.99. The largest absolute Gasteiger partial charge is 0.480 e. The molecule has 3 rings (SSSR count). The monoisotopic (exact) mass is 350 g/mol. The fraction of sp³-hybridized carbons (Fsp3) is 0.353. The maximum absolute atomic E-state index is 13.7. The third-order valence-corrected chi connectivity index (χ3v) is 3.99. The van der Waals surface area contributed by atoms with E-state index in [9.17, 15) is 18.4 Å². The molecule has 1 amide bonds. The zero-order chi connectivity index (χ0) is 18.0. The number of oxazole rings is 1. The molecule has 0 saturated heterocycles. The maximum Gasteiger partial charge on any atom is 0.326 e. The molecule has 6 nitrogen and oxygen atoms in total. The summed E-state index contributed by atoms with van der Waals surface area (Å²) in [7, 11) is 0.